The lowest BCUT2D eigenvalue weighted by Crippen LogP contribution is -2.55. The molecule has 1 aliphatic heterocycles. The predicted octanol–water partition coefficient (Wildman–Crippen LogP) is 1.48. The molecule has 0 aromatic carbocycles. The third kappa shape index (κ3) is 3.29. The number of nitrogens with two attached hydrogens (primary N) is 2. The monoisotopic (exact) mass is 267 g/mol. The highest BCUT2D eigenvalue weighted by atomic mass is 16.1. The Morgan fingerprint density at radius 1 is 1.32 bits per heavy atom. The van der Waals surface area contributed by atoms with Crippen LogP contribution in [0.15, 0.2) is 0 Å². The second kappa shape index (κ2) is 5.41. The third-order valence-corrected chi connectivity index (χ3v) is 5.10. The van der Waals surface area contributed by atoms with Crippen LogP contribution < -0.4 is 11.5 Å². The molecule has 0 aromatic heterocycles. The normalized spacial score (nSPS) is 35.4. The molecule has 19 heavy (non-hydrogen) atoms. The first-order valence-corrected chi connectivity index (χ1v) is 7.65. The van der Waals surface area contributed by atoms with Crippen molar-refractivity contribution in [3.63, 3.8) is 0 Å². The minimum atomic E-state index is -0.745. The molecular weight excluding hydrogens is 238 g/mol. The number of hydrogen-bond acceptors (Lipinski definition) is 3. The summed E-state index contributed by atoms with van der Waals surface area (Å²) in [4.78, 5) is 14.1. The minimum Gasteiger partial charge on any atom is -0.368 e. The maximum Gasteiger partial charge on any atom is 0.237 e. The maximum atomic E-state index is 11.6. The summed E-state index contributed by atoms with van der Waals surface area (Å²) in [6.07, 6.45) is 6.45. The average Bonchev–Trinajstić information content (AvgIpc) is 2.68. The van der Waals surface area contributed by atoms with Gasteiger partial charge in [-0.05, 0) is 56.5 Å². The number of piperidine rings is 1. The fraction of sp³-hybridized carbons (Fsp3) is 0.933. The molecule has 1 saturated heterocycles. The Balaban J connectivity index is 1.87. The smallest absolute Gasteiger partial charge is 0.237 e. The van der Waals surface area contributed by atoms with Crippen molar-refractivity contribution in [2.75, 3.05) is 19.6 Å². The van der Waals surface area contributed by atoms with Gasteiger partial charge in [-0.2, -0.15) is 0 Å². The van der Waals surface area contributed by atoms with Crippen LogP contribution in [0.3, 0.4) is 0 Å². The molecule has 2 atom stereocenters. The number of carbonyl (C=O) groups is 1. The van der Waals surface area contributed by atoms with E-state index in [2.05, 4.69) is 18.7 Å². The largest absolute Gasteiger partial charge is 0.368 e. The minimum absolute atomic E-state index is 0.273. The standard InChI is InChI=1S/C15H29N3O/c1-14(2)7-4-9-18(11-14)10-6-12-5-3-8-15(12,17)13(16)19/h12H,3-11,17H2,1-2H3,(H2,16,19). The van der Waals surface area contributed by atoms with Crippen LogP contribution in [0, 0.1) is 11.3 Å². The van der Waals surface area contributed by atoms with Crippen molar-refractivity contribution in [2.24, 2.45) is 22.8 Å². The van der Waals surface area contributed by atoms with Gasteiger partial charge in [0.15, 0.2) is 0 Å². The van der Waals surface area contributed by atoms with Gasteiger partial charge in [0.1, 0.15) is 0 Å². The maximum absolute atomic E-state index is 11.6. The van der Waals surface area contributed by atoms with Crippen molar-refractivity contribution in [3.05, 3.63) is 0 Å². The summed E-state index contributed by atoms with van der Waals surface area (Å²) in [6.45, 7) is 8.08. The SMILES string of the molecule is CC1(C)CCCN(CCC2CCCC2(N)C(N)=O)C1. The second-order valence-corrected chi connectivity index (χ2v) is 7.33. The average molecular weight is 267 g/mol. The van der Waals surface area contributed by atoms with E-state index in [1.165, 1.54) is 19.4 Å². The van der Waals surface area contributed by atoms with E-state index in [4.69, 9.17) is 11.5 Å². The van der Waals surface area contributed by atoms with E-state index in [0.717, 1.165) is 38.8 Å². The summed E-state index contributed by atoms with van der Waals surface area (Å²) in [7, 11) is 0. The van der Waals surface area contributed by atoms with Crippen LogP contribution in [0.4, 0.5) is 0 Å². The summed E-state index contributed by atoms with van der Waals surface area (Å²) in [5.74, 6) is -0.0380. The zero-order chi connectivity index (χ0) is 14.1. The van der Waals surface area contributed by atoms with Gasteiger partial charge in [0.05, 0.1) is 5.54 Å². The van der Waals surface area contributed by atoms with Crippen LogP contribution >= 0.6 is 0 Å². The number of carbonyl (C=O) groups excluding carboxylic acids is 1. The highest BCUT2D eigenvalue weighted by molar-refractivity contribution is 5.85. The molecule has 2 rings (SSSR count). The van der Waals surface area contributed by atoms with Crippen LogP contribution in [0.25, 0.3) is 0 Å². The highest BCUT2D eigenvalue weighted by Crippen LogP contribution is 2.36. The van der Waals surface area contributed by atoms with Gasteiger partial charge in [-0.1, -0.05) is 20.3 Å². The molecule has 1 saturated carbocycles. The molecule has 2 aliphatic rings. The van der Waals surface area contributed by atoms with Crippen molar-refractivity contribution in [3.8, 4) is 0 Å². The number of hydrogen-bond donors (Lipinski definition) is 2. The van der Waals surface area contributed by atoms with Crippen molar-refractivity contribution in [1.29, 1.82) is 0 Å². The summed E-state index contributed by atoms with van der Waals surface area (Å²) in [5.41, 5.74) is 11.4. The molecule has 2 fully saturated rings. The van der Waals surface area contributed by atoms with Crippen molar-refractivity contribution >= 4 is 5.91 Å². The molecule has 4 nitrogen and oxygen atoms in total. The van der Waals surface area contributed by atoms with Crippen molar-refractivity contribution in [1.82, 2.24) is 4.90 Å². The molecule has 1 amide bonds. The van der Waals surface area contributed by atoms with E-state index < -0.39 is 5.54 Å². The first-order chi connectivity index (χ1) is 8.83. The fourth-order valence-corrected chi connectivity index (χ4v) is 3.90. The van der Waals surface area contributed by atoms with E-state index >= 15 is 0 Å². The van der Waals surface area contributed by atoms with Gasteiger partial charge in [-0.25, -0.2) is 0 Å². The van der Waals surface area contributed by atoms with Gasteiger partial charge < -0.3 is 16.4 Å². The lowest BCUT2D eigenvalue weighted by atomic mass is 9.82. The van der Waals surface area contributed by atoms with Crippen molar-refractivity contribution in [2.45, 2.75) is 57.9 Å². The van der Waals surface area contributed by atoms with Crippen LogP contribution in [0.1, 0.15) is 52.4 Å². The summed E-state index contributed by atoms with van der Waals surface area (Å²) in [5, 5.41) is 0. The summed E-state index contributed by atoms with van der Waals surface area (Å²) >= 11 is 0. The molecule has 0 bridgehead atoms. The van der Waals surface area contributed by atoms with E-state index in [9.17, 15) is 4.79 Å². The molecule has 4 heteroatoms. The Morgan fingerprint density at radius 2 is 2.05 bits per heavy atom. The van der Waals surface area contributed by atoms with Gasteiger partial charge in [0.2, 0.25) is 5.91 Å². The molecule has 1 aliphatic carbocycles. The van der Waals surface area contributed by atoms with Crippen LogP contribution in [-0.2, 0) is 4.79 Å². The Hall–Kier alpha value is -0.610. The van der Waals surface area contributed by atoms with Gasteiger partial charge >= 0.3 is 0 Å². The molecule has 0 radical (unpaired) electrons. The van der Waals surface area contributed by atoms with E-state index in [0.29, 0.717) is 5.41 Å². The summed E-state index contributed by atoms with van der Waals surface area (Å²) < 4.78 is 0. The Kier molecular flexibility index (Phi) is 4.21. The van der Waals surface area contributed by atoms with Crippen LogP contribution in [-0.4, -0.2) is 36.0 Å². The second-order valence-electron chi connectivity index (χ2n) is 7.33. The quantitative estimate of drug-likeness (QED) is 0.810. The number of nitrogens with zero attached hydrogens (tertiary/aromatic N) is 1. The summed E-state index contributed by atoms with van der Waals surface area (Å²) in [6, 6.07) is 0. The van der Waals surface area contributed by atoms with Gasteiger partial charge in [-0.3, -0.25) is 4.79 Å². The zero-order valence-electron chi connectivity index (χ0n) is 12.5. The van der Waals surface area contributed by atoms with Crippen LogP contribution in [0.5, 0.6) is 0 Å². The molecule has 0 aromatic rings. The highest BCUT2D eigenvalue weighted by Gasteiger charge is 2.44. The molecular formula is C15H29N3O. The number of rotatable bonds is 4. The third-order valence-electron chi connectivity index (χ3n) is 5.10. The lowest BCUT2D eigenvalue weighted by Gasteiger charge is -2.39. The topological polar surface area (TPSA) is 72.3 Å². The van der Waals surface area contributed by atoms with Gasteiger partial charge in [0, 0.05) is 6.54 Å². The molecule has 2 unspecified atom stereocenters. The number of amides is 1. The molecule has 0 spiro atoms. The Morgan fingerprint density at radius 3 is 2.68 bits per heavy atom. The van der Waals surface area contributed by atoms with E-state index in [1.54, 1.807) is 0 Å². The fourth-order valence-electron chi connectivity index (χ4n) is 3.90. The first-order valence-electron chi connectivity index (χ1n) is 7.65. The lowest BCUT2D eigenvalue weighted by molar-refractivity contribution is -0.124. The van der Waals surface area contributed by atoms with E-state index in [1.807, 2.05) is 0 Å². The van der Waals surface area contributed by atoms with E-state index in [-0.39, 0.29) is 11.8 Å². The van der Waals surface area contributed by atoms with Gasteiger partial charge in [0.25, 0.3) is 0 Å². The molecule has 110 valence electrons. The van der Waals surface area contributed by atoms with Crippen molar-refractivity contribution < 1.29 is 4.79 Å². The Labute approximate surface area is 116 Å². The zero-order valence-corrected chi connectivity index (χ0v) is 12.5. The first kappa shape index (κ1) is 14.8. The number of likely N-dealkylation sites (tertiary alicyclic amines) is 1. The molecule has 1 heterocycles. The molecule has 4 N–H and O–H groups in total. The van der Waals surface area contributed by atoms with Crippen LogP contribution in [0.2, 0.25) is 0 Å². The predicted molar refractivity (Wildman–Crippen MR) is 77.5 cm³/mol. The number of primary amides is 1. The Bertz CT molecular complexity index is 342. The van der Waals surface area contributed by atoms with Gasteiger partial charge in [-0.15, -0.1) is 0 Å².